The lowest BCUT2D eigenvalue weighted by molar-refractivity contribution is -0.134. The highest BCUT2D eigenvalue weighted by atomic mass is 16.5. The second-order valence-electron chi connectivity index (χ2n) is 8.37. The summed E-state index contributed by atoms with van der Waals surface area (Å²) in [6, 6.07) is 4.48. The van der Waals surface area contributed by atoms with Gasteiger partial charge >= 0.3 is 0 Å². The Balaban J connectivity index is 1.56. The fourth-order valence-corrected chi connectivity index (χ4v) is 4.40. The van der Waals surface area contributed by atoms with Crippen molar-refractivity contribution in [3.05, 3.63) is 17.3 Å². The molecule has 1 amide bonds. The van der Waals surface area contributed by atoms with Crippen LogP contribution in [0.25, 0.3) is 0 Å². The lowest BCUT2D eigenvalue weighted by atomic mass is 10.1. The number of carbonyl (C=O) groups excluding carboxylic acids is 1. The van der Waals surface area contributed by atoms with Crippen LogP contribution in [0.2, 0.25) is 0 Å². The molecule has 162 valence electrons. The fourth-order valence-electron chi connectivity index (χ4n) is 4.40. The maximum atomic E-state index is 12.4. The van der Waals surface area contributed by atoms with Gasteiger partial charge in [0, 0.05) is 51.8 Å². The van der Waals surface area contributed by atoms with Crippen LogP contribution >= 0.6 is 0 Å². The minimum Gasteiger partial charge on any atom is -0.384 e. The van der Waals surface area contributed by atoms with Crippen LogP contribution in [0, 0.1) is 11.3 Å². The van der Waals surface area contributed by atoms with Crippen molar-refractivity contribution in [3.63, 3.8) is 0 Å². The first-order chi connectivity index (χ1) is 14.6. The summed E-state index contributed by atoms with van der Waals surface area (Å²) in [6.07, 6.45) is 2.73. The van der Waals surface area contributed by atoms with Crippen LogP contribution < -0.4 is 9.80 Å². The number of amides is 1. The van der Waals surface area contributed by atoms with Gasteiger partial charge in [0.2, 0.25) is 5.91 Å². The summed E-state index contributed by atoms with van der Waals surface area (Å²) in [7, 11) is 1.61. The molecule has 0 spiro atoms. The van der Waals surface area contributed by atoms with E-state index in [1.54, 1.807) is 7.11 Å². The van der Waals surface area contributed by atoms with Gasteiger partial charge in [0.1, 0.15) is 11.9 Å². The topological polar surface area (TPSA) is 81.9 Å². The molecule has 2 aliphatic heterocycles. The van der Waals surface area contributed by atoms with E-state index in [1.807, 2.05) is 11.0 Å². The zero-order valence-corrected chi connectivity index (χ0v) is 18.0. The summed E-state index contributed by atoms with van der Waals surface area (Å²) in [5.41, 5.74) is 2.84. The van der Waals surface area contributed by atoms with Crippen molar-refractivity contribution in [1.82, 2.24) is 9.88 Å². The molecule has 1 aromatic heterocycles. The van der Waals surface area contributed by atoms with Gasteiger partial charge in [0.25, 0.3) is 0 Å². The Kier molecular flexibility index (Phi) is 6.40. The molecular formula is C22H31N5O3. The van der Waals surface area contributed by atoms with Crippen molar-refractivity contribution in [3.8, 4) is 6.07 Å². The summed E-state index contributed by atoms with van der Waals surface area (Å²) < 4.78 is 10.5. The van der Waals surface area contributed by atoms with Gasteiger partial charge in [-0.1, -0.05) is 0 Å². The second kappa shape index (κ2) is 9.19. The summed E-state index contributed by atoms with van der Waals surface area (Å²) in [6.45, 7) is 7.62. The zero-order chi connectivity index (χ0) is 21.1. The number of aromatic nitrogens is 1. The molecule has 8 nitrogen and oxygen atoms in total. The molecule has 1 unspecified atom stereocenters. The number of anilines is 2. The number of ether oxygens (including phenoxy) is 2. The number of piperazine rings is 1. The van der Waals surface area contributed by atoms with Gasteiger partial charge in [-0.2, -0.15) is 5.26 Å². The first kappa shape index (κ1) is 20.9. The molecule has 4 rings (SSSR count). The van der Waals surface area contributed by atoms with E-state index in [2.05, 4.69) is 22.8 Å². The number of methoxy groups -OCH3 is 1. The third-order valence-corrected chi connectivity index (χ3v) is 6.21. The molecule has 2 saturated heterocycles. The summed E-state index contributed by atoms with van der Waals surface area (Å²) in [4.78, 5) is 23.9. The number of hydrogen-bond acceptors (Lipinski definition) is 7. The lowest BCUT2D eigenvalue weighted by Gasteiger charge is -2.41. The van der Waals surface area contributed by atoms with Gasteiger partial charge in [-0.3, -0.25) is 4.79 Å². The number of carbonyl (C=O) groups is 1. The molecule has 1 aliphatic carbocycles. The van der Waals surface area contributed by atoms with Crippen molar-refractivity contribution in [2.75, 3.05) is 69.5 Å². The highest BCUT2D eigenvalue weighted by molar-refractivity contribution is 5.77. The number of nitrogens with zero attached hydrogens (tertiary/aromatic N) is 5. The number of hydrogen-bond donors (Lipinski definition) is 0. The molecule has 3 aliphatic rings. The van der Waals surface area contributed by atoms with Gasteiger partial charge in [-0.25, -0.2) is 4.98 Å². The van der Waals surface area contributed by atoms with Crippen LogP contribution in [-0.4, -0.2) is 81.5 Å². The zero-order valence-electron chi connectivity index (χ0n) is 18.0. The van der Waals surface area contributed by atoms with Crippen molar-refractivity contribution in [2.24, 2.45) is 0 Å². The normalized spacial score (nSPS) is 22.2. The predicted octanol–water partition coefficient (Wildman–Crippen LogP) is 1.74. The quantitative estimate of drug-likeness (QED) is 0.703. The second-order valence-corrected chi connectivity index (χ2v) is 8.37. The molecule has 8 heteroatoms. The lowest BCUT2D eigenvalue weighted by Crippen LogP contribution is -2.54. The maximum absolute atomic E-state index is 12.4. The van der Waals surface area contributed by atoms with Crippen LogP contribution in [0.15, 0.2) is 6.07 Å². The minimum absolute atomic E-state index is 0.0692. The highest BCUT2D eigenvalue weighted by Gasteiger charge is 2.34. The smallest absolute Gasteiger partial charge is 0.225 e. The van der Waals surface area contributed by atoms with E-state index >= 15 is 0 Å². The fraction of sp³-hybridized carbons (Fsp3) is 0.682. The molecule has 0 bridgehead atoms. The average Bonchev–Trinajstić information content (AvgIpc) is 3.62. The van der Waals surface area contributed by atoms with Crippen molar-refractivity contribution >= 4 is 17.4 Å². The number of morpholine rings is 1. The molecule has 30 heavy (non-hydrogen) atoms. The maximum Gasteiger partial charge on any atom is 0.225 e. The third kappa shape index (κ3) is 4.37. The Labute approximate surface area is 178 Å². The van der Waals surface area contributed by atoms with Gasteiger partial charge in [-0.15, -0.1) is 0 Å². The summed E-state index contributed by atoms with van der Waals surface area (Å²) in [5.74, 6) is 1.38. The monoisotopic (exact) mass is 413 g/mol. The van der Waals surface area contributed by atoms with E-state index in [0.29, 0.717) is 57.4 Å². The van der Waals surface area contributed by atoms with Crippen LogP contribution in [0.1, 0.15) is 43.4 Å². The Morgan fingerprint density at radius 1 is 1.27 bits per heavy atom. The molecule has 1 aromatic rings. The number of rotatable bonds is 6. The molecule has 0 N–H and O–H groups in total. The van der Waals surface area contributed by atoms with Crippen molar-refractivity contribution < 1.29 is 14.3 Å². The molecule has 0 radical (unpaired) electrons. The average molecular weight is 414 g/mol. The Morgan fingerprint density at radius 3 is 2.67 bits per heavy atom. The van der Waals surface area contributed by atoms with E-state index in [-0.39, 0.29) is 11.9 Å². The van der Waals surface area contributed by atoms with Crippen molar-refractivity contribution in [2.45, 2.75) is 38.1 Å². The van der Waals surface area contributed by atoms with Crippen LogP contribution in [0.3, 0.4) is 0 Å². The van der Waals surface area contributed by atoms with Crippen molar-refractivity contribution in [1.29, 1.82) is 5.26 Å². The standard InChI is InChI=1S/C22H31N5O3/c1-16-15-26(6-7-27(16)20(28)5-10-29-2)22-18(14-23)13-19(21(24-22)17-3-4-17)25-8-11-30-12-9-25/h13,16-17H,3-12,15H2,1-2H3. The first-order valence-corrected chi connectivity index (χ1v) is 10.9. The van der Waals surface area contributed by atoms with Gasteiger partial charge in [-0.05, 0) is 25.8 Å². The van der Waals surface area contributed by atoms with E-state index < -0.39 is 0 Å². The van der Waals surface area contributed by atoms with E-state index in [0.717, 1.165) is 43.1 Å². The summed E-state index contributed by atoms with van der Waals surface area (Å²) >= 11 is 0. The minimum atomic E-state index is 0.0692. The van der Waals surface area contributed by atoms with Gasteiger partial charge < -0.3 is 24.2 Å². The predicted molar refractivity (Wildman–Crippen MR) is 114 cm³/mol. The Bertz CT molecular complexity index is 814. The Hall–Kier alpha value is -2.37. The van der Waals surface area contributed by atoms with Crippen LogP contribution in [0.5, 0.6) is 0 Å². The van der Waals surface area contributed by atoms with E-state index in [9.17, 15) is 10.1 Å². The SMILES string of the molecule is COCCC(=O)N1CCN(c2nc(C3CC3)c(N3CCOCC3)cc2C#N)CC1C. The van der Waals surface area contributed by atoms with Gasteiger partial charge in [0.05, 0.1) is 43.2 Å². The molecule has 0 aromatic carbocycles. The van der Waals surface area contributed by atoms with Gasteiger partial charge in [0.15, 0.2) is 0 Å². The van der Waals surface area contributed by atoms with Crippen LogP contribution in [-0.2, 0) is 14.3 Å². The highest BCUT2D eigenvalue weighted by Crippen LogP contribution is 2.45. The molecular weight excluding hydrogens is 382 g/mol. The summed E-state index contributed by atoms with van der Waals surface area (Å²) in [5, 5.41) is 9.88. The largest absolute Gasteiger partial charge is 0.384 e. The molecule has 3 heterocycles. The van der Waals surface area contributed by atoms with Crippen LogP contribution in [0.4, 0.5) is 11.5 Å². The first-order valence-electron chi connectivity index (χ1n) is 10.9. The van der Waals surface area contributed by atoms with E-state index in [4.69, 9.17) is 14.5 Å². The molecule has 3 fully saturated rings. The number of pyridine rings is 1. The van der Waals surface area contributed by atoms with E-state index in [1.165, 1.54) is 0 Å². The number of nitriles is 1. The third-order valence-electron chi connectivity index (χ3n) is 6.21. The molecule has 1 atom stereocenters. The Morgan fingerprint density at radius 2 is 2.03 bits per heavy atom. The molecule has 1 saturated carbocycles.